The van der Waals surface area contributed by atoms with Crippen LogP contribution in [0.25, 0.3) is 4.96 Å². The van der Waals surface area contributed by atoms with Crippen molar-refractivity contribution in [2.75, 3.05) is 38.6 Å². The Kier molecular flexibility index (Phi) is 5.43. The van der Waals surface area contributed by atoms with E-state index in [0.717, 1.165) is 10.7 Å². The number of fused-ring (bicyclic) bond motifs is 1. The van der Waals surface area contributed by atoms with E-state index in [1.54, 1.807) is 4.52 Å². The molecule has 0 atom stereocenters. The molecule has 0 aromatic carbocycles. The topological polar surface area (TPSA) is 106 Å². The summed E-state index contributed by atoms with van der Waals surface area (Å²) in [4.78, 5) is 16.8. The van der Waals surface area contributed by atoms with Gasteiger partial charge in [-0.1, -0.05) is 0 Å². The molecule has 2 aromatic rings. The fourth-order valence-corrected chi connectivity index (χ4v) is 4.68. The van der Waals surface area contributed by atoms with Crippen LogP contribution in [0, 0.1) is 0 Å². The molecule has 1 aliphatic heterocycles. The Morgan fingerprint density at radius 2 is 2.17 bits per heavy atom. The van der Waals surface area contributed by atoms with Gasteiger partial charge in [-0.3, -0.25) is 4.79 Å². The third kappa shape index (κ3) is 4.09. The van der Waals surface area contributed by atoms with E-state index in [-0.39, 0.29) is 18.1 Å². The number of ether oxygens (including phenoxy) is 1. The van der Waals surface area contributed by atoms with Crippen LogP contribution in [0.1, 0.15) is 12.1 Å². The minimum atomic E-state index is -3.40. The number of thiazole rings is 1. The number of morpholine rings is 1. The lowest BCUT2D eigenvalue weighted by Crippen LogP contribution is -2.42. The first-order chi connectivity index (χ1) is 11.6. The Balaban J connectivity index is 1.42. The lowest BCUT2D eigenvalue weighted by molar-refractivity contribution is -0.120. The van der Waals surface area contributed by atoms with Crippen molar-refractivity contribution in [3.8, 4) is 0 Å². The molecule has 0 saturated carbocycles. The van der Waals surface area contributed by atoms with Gasteiger partial charge in [0.1, 0.15) is 6.33 Å². The molecule has 0 unspecified atom stereocenters. The minimum absolute atomic E-state index is 0.0396. The zero-order chi connectivity index (χ0) is 17.0. The molecule has 0 aliphatic carbocycles. The monoisotopic (exact) mass is 373 g/mol. The summed E-state index contributed by atoms with van der Waals surface area (Å²) in [5.41, 5.74) is 0.966. The fourth-order valence-electron chi connectivity index (χ4n) is 2.44. The van der Waals surface area contributed by atoms with Gasteiger partial charge in [-0.15, -0.1) is 11.3 Å². The van der Waals surface area contributed by atoms with Gasteiger partial charge in [-0.25, -0.2) is 17.9 Å². The number of hydrogen-bond donors (Lipinski definition) is 1. The van der Waals surface area contributed by atoms with Crippen molar-refractivity contribution in [3.63, 3.8) is 0 Å². The fraction of sp³-hybridized carbons (Fsp3) is 0.615. The third-order valence-corrected chi connectivity index (χ3v) is 6.49. The van der Waals surface area contributed by atoms with Crippen molar-refractivity contribution in [1.29, 1.82) is 0 Å². The summed E-state index contributed by atoms with van der Waals surface area (Å²) in [7, 11) is -3.40. The summed E-state index contributed by atoms with van der Waals surface area (Å²) in [5, 5.41) is 8.80. The van der Waals surface area contributed by atoms with Gasteiger partial charge in [0.15, 0.2) is 0 Å². The van der Waals surface area contributed by atoms with E-state index in [9.17, 15) is 13.2 Å². The van der Waals surface area contributed by atoms with Crippen molar-refractivity contribution >= 4 is 32.2 Å². The van der Waals surface area contributed by atoms with Gasteiger partial charge < -0.3 is 10.1 Å². The number of nitrogens with one attached hydrogen (secondary N) is 1. The van der Waals surface area contributed by atoms with Gasteiger partial charge in [0, 0.05) is 37.9 Å². The second-order valence-corrected chi connectivity index (χ2v) is 8.28. The molecule has 0 spiro atoms. The second-order valence-electron chi connectivity index (χ2n) is 5.36. The molecule has 3 rings (SSSR count). The summed E-state index contributed by atoms with van der Waals surface area (Å²) in [6.45, 7) is 1.96. The van der Waals surface area contributed by atoms with E-state index < -0.39 is 10.0 Å². The van der Waals surface area contributed by atoms with E-state index >= 15 is 0 Å². The first-order valence-corrected chi connectivity index (χ1v) is 10.1. The first-order valence-electron chi connectivity index (χ1n) is 7.64. The van der Waals surface area contributed by atoms with Crippen LogP contribution in [0.15, 0.2) is 11.7 Å². The number of nitrogens with zero attached hydrogens (tertiary/aromatic N) is 4. The molecule has 2 aromatic heterocycles. The summed E-state index contributed by atoms with van der Waals surface area (Å²) < 4.78 is 32.5. The second kappa shape index (κ2) is 7.55. The molecule has 1 N–H and O–H groups in total. The maximum Gasteiger partial charge on any atom is 0.221 e. The summed E-state index contributed by atoms with van der Waals surface area (Å²) in [6.07, 6.45) is 2.07. The summed E-state index contributed by atoms with van der Waals surface area (Å²) in [6, 6.07) is 0. The smallest absolute Gasteiger partial charge is 0.221 e. The molecular formula is C13H19N5O4S2. The van der Waals surface area contributed by atoms with Crippen molar-refractivity contribution in [3.05, 3.63) is 17.4 Å². The standard InChI is InChI=1S/C13H19N5O4S2/c19-12(2-8-24(20,21)17-4-6-22-7-5-17)14-3-1-11-9-23-13-15-10-16-18(11)13/h9-10H,1-8H2,(H,14,19). The van der Waals surface area contributed by atoms with Crippen molar-refractivity contribution < 1.29 is 17.9 Å². The minimum Gasteiger partial charge on any atom is -0.379 e. The van der Waals surface area contributed by atoms with Gasteiger partial charge in [-0.05, 0) is 0 Å². The summed E-state index contributed by atoms with van der Waals surface area (Å²) in [5.74, 6) is -0.443. The van der Waals surface area contributed by atoms with Gasteiger partial charge in [0.05, 0.1) is 24.7 Å². The lowest BCUT2D eigenvalue weighted by atomic mass is 10.3. The van der Waals surface area contributed by atoms with E-state index in [1.165, 1.54) is 22.0 Å². The average molecular weight is 373 g/mol. The molecule has 132 valence electrons. The third-order valence-electron chi connectivity index (χ3n) is 3.74. The molecule has 1 amide bonds. The Morgan fingerprint density at radius 1 is 1.38 bits per heavy atom. The predicted octanol–water partition coefficient (Wildman–Crippen LogP) is -0.498. The quantitative estimate of drug-likeness (QED) is 0.701. The van der Waals surface area contributed by atoms with Crippen LogP contribution in [-0.2, 0) is 26.0 Å². The van der Waals surface area contributed by atoms with Gasteiger partial charge >= 0.3 is 0 Å². The first kappa shape index (κ1) is 17.3. The van der Waals surface area contributed by atoms with E-state index in [0.29, 0.717) is 39.3 Å². The van der Waals surface area contributed by atoms with Crippen LogP contribution in [0.4, 0.5) is 0 Å². The number of amides is 1. The number of carbonyl (C=O) groups excluding carboxylic acids is 1. The molecular weight excluding hydrogens is 354 g/mol. The summed E-state index contributed by atoms with van der Waals surface area (Å²) >= 11 is 1.49. The molecule has 11 heteroatoms. The maximum atomic E-state index is 12.1. The van der Waals surface area contributed by atoms with Crippen molar-refractivity contribution in [1.82, 2.24) is 24.2 Å². The Morgan fingerprint density at radius 3 is 2.96 bits per heavy atom. The zero-order valence-corrected chi connectivity index (χ0v) is 14.7. The molecule has 3 heterocycles. The number of carbonyl (C=O) groups is 1. The van der Waals surface area contributed by atoms with Crippen LogP contribution >= 0.6 is 11.3 Å². The molecule has 1 aliphatic rings. The Labute approximate surface area is 143 Å². The molecule has 24 heavy (non-hydrogen) atoms. The van der Waals surface area contributed by atoms with Crippen LogP contribution in [0.5, 0.6) is 0 Å². The van der Waals surface area contributed by atoms with Crippen LogP contribution in [0.2, 0.25) is 0 Å². The predicted molar refractivity (Wildman–Crippen MR) is 88.4 cm³/mol. The highest BCUT2D eigenvalue weighted by atomic mass is 32.2. The van der Waals surface area contributed by atoms with Crippen molar-refractivity contribution in [2.24, 2.45) is 0 Å². The number of hydrogen-bond acceptors (Lipinski definition) is 7. The van der Waals surface area contributed by atoms with Gasteiger partial charge in [-0.2, -0.15) is 9.40 Å². The van der Waals surface area contributed by atoms with Gasteiger partial charge in [0.2, 0.25) is 20.9 Å². The molecule has 9 nitrogen and oxygen atoms in total. The Bertz CT molecular complexity index is 794. The van der Waals surface area contributed by atoms with Crippen LogP contribution in [0.3, 0.4) is 0 Å². The van der Waals surface area contributed by atoms with E-state index in [4.69, 9.17) is 4.74 Å². The highest BCUT2D eigenvalue weighted by Crippen LogP contribution is 2.12. The number of rotatable bonds is 7. The highest BCUT2D eigenvalue weighted by Gasteiger charge is 2.24. The lowest BCUT2D eigenvalue weighted by Gasteiger charge is -2.25. The molecule has 1 fully saturated rings. The SMILES string of the molecule is O=C(CCS(=O)(=O)N1CCOCC1)NCCc1csc2ncnn12. The van der Waals surface area contributed by atoms with Crippen LogP contribution < -0.4 is 5.32 Å². The largest absolute Gasteiger partial charge is 0.379 e. The van der Waals surface area contributed by atoms with Crippen molar-refractivity contribution in [2.45, 2.75) is 12.8 Å². The molecule has 0 radical (unpaired) electrons. The van der Waals surface area contributed by atoms with Crippen LogP contribution in [-0.4, -0.2) is 71.8 Å². The molecule has 1 saturated heterocycles. The highest BCUT2D eigenvalue weighted by molar-refractivity contribution is 7.89. The van der Waals surface area contributed by atoms with E-state index in [1.807, 2.05) is 5.38 Å². The zero-order valence-electron chi connectivity index (χ0n) is 13.0. The number of aromatic nitrogens is 3. The maximum absolute atomic E-state index is 12.1. The van der Waals surface area contributed by atoms with E-state index in [2.05, 4.69) is 15.4 Å². The Hall–Kier alpha value is -1.56. The molecule has 0 bridgehead atoms. The van der Waals surface area contributed by atoms with Gasteiger partial charge in [0.25, 0.3) is 0 Å². The average Bonchev–Trinajstić information content (AvgIpc) is 3.19. The number of sulfonamides is 1. The normalized spacial score (nSPS) is 16.5.